The molecule has 1 aromatic heterocycles. The van der Waals surface area contributed by atoms with Crippen molar-refractivity contribution in [3.8, 4) is 0 Å². The van der Waals surface area contributed by atoms with Crippen molar-refractivity contribution in [1.29, 1.82) is 0 Å². The lowest BCUT2D eigenvalue weighted by atomic mass is 10.1. The molecule has 0 saturated heterocycles. The van der Waals surface area contributed by atoms with Gasteiger partial charge in [-0.25, -0.2) is 17.9 Å². The summed E-state index contributed by atoms with van der Waals surface area (Å²) in [6, 6.07) is 7.10. The summed E-state index contributed by atoms with van der Waals surface area (Å²) in [5.74, 6) is -7.48. The van der Waals surface area contributed by atoms with E-state index in [1.165, 1.54) is 24.3 Å². The Balaban J connectivity index is 1.96. The number of rotatable bonds is 4. The minimum absolute atomic E-state index is 0.0153. The number of anilines is 1. The standard InChI is InChI=1S/C17H10F3N3O4/c18-10-5-6-11(14(20)13(10)19)21-12(24)7-23-16(25)9-4-2-1-3-8(9)15(22-23)17(26)27/h1-6H,7H2,(H,21,24)(H,26,27)/p-1. The fourth-order valence-corrected chi connectivity index (χ4v) is 2.44. The first-order valence-corrected chi connectivity index (χ1v) is 7.44. The molecule has 0 unspecified atom stereocenters. The van der Waals surface area contributed by atoms with Crippen molar-refractivity contribution in [1.82, 2.24) is 9.78 Å². The maximum Gasteiger partial charge on any atom is 0.275 e. The van der Waals surface area contributed by atoms with Crippen LogP contribution in [0.2, 0.25) is 0 Å². The molecule has 138 valence electrons. The predicted octanol–water partition coefficient (Wildman–Crippen LogP) is 0.816. The monoisotopic (exact) mass is 376 g/mol. The summed E-state index contributed by atoms with van der Waals surface area (Å²) in [5.41, 5.74) is -1.97. The molecule has 3 rings (SSSR count). The summed E-state index contributed by atoms with van der Waals surface area (Å²) in [6.45, 7) is -0.789. The van der Waals surface area contributed by atoms with Crippen molar-refractivity contribution >= 4 is 28.3 Å². The number of amides is 1. The van der Waals surface area contributed by atoms with E-state index < -0.39 is 52.8 Å². The Labute approximate surface area is 148 Å². The second-order valence-corrected chi connectivity index (χ2v) is 5.42. The van der Waals surface area contributed by atoms with Crippen LogP contribution in [0.3, 0.4) is 0 Å². The number of carboxylic acid groups (broad SMARTS) is 1. The lowest BCUT2D eigenvalue weighted by molar-refractivity contribution is -0.255. The summed E-state index contributed by atoms with van der Waals surface area (Å²) in [7, 11) is 0. The van der Waals surface area contributed by atoms with Crippen LogP contribution in [0.1, 0.15) is 10.5 Å². The SMILES string of the molecule is O=C(Cn1nc(C(=O)[O-])c2ccccc2c1=O)Nc1ccc(F)c(F)c1F. The number of nitrogens with one attached hydrogen (secondary N) is 1. The summed E-state index contributed by atoms with van der Waals surface area (Å²) >= 11 is 0. The molecule has 0 fully saturated rings. The predicted molar refractivity (Wildman–Crippen MR) is 85.3 cm³/mol. The molecule has 1 heterocycles. The fraction of sp³-hybridized carbons (Fsp3) is 0.0588. The first-order valence-electron chi connectivity index (χ1n) is 7.44. The summed E-state index contributed by atoms with van der Waals surface area (Å²) < 4.78 is 40.3. The number of halogens is 3. The highest BCUT2D eigenvalue weighted by Gasteiger charge is 2.17. The summed E-state index contributed by atoms with van der Waals surface area (Å²) in [4.78, 5) is 35.7. The van der Waals surface area contributed by atoms with Crippen molar-refractivity contribution < 1.29 is 27.9 Å². The van der Waals surface area contributed by atoms with Crippen LogP contribution in [-0.2, 0) is 11.3 Å². The van der Waals surface area contributed by atoms with Crippen LogP contribution in [0.5, 0.6) is 0 Å². The molecule has 27 heavy (non-hydrogen) atoms. The van der Waals surface area contributed by atoms with Crippen LogP contribution >= 0.6 is 0 Å². The molecule has 0 aliphatic rings. The van der Waals surface area contributed by atoms with Crippen LogP contribution in [-0.4, -0.2) is 21.7 Å². The molecule has 1 amide bonds. The van der Waals surface area contributed by atoms with Crippen molar-refractivity contribution in [3.05, 3.63) is 69.9 Å². The van der Waals surface area contributed by atoms with E-state index >= 15 is 0 Å². The molecular weight excluding hydrogens is 367 g/mol. The van der Waals surface area contributed by atoms with E-state index in [1.807, 2.05) is 5.32 Å². The van der Waals surface area contributed by atoms with Crippen molar-refractivity contribution in [2.24, 2.45) is 0 Å². The highest BCUT2D eigenvalue weighted by atomic mass is 19.2. The van der Waals surface area contributed by atoms with Crippen LogP contribution < -0.4 is 16.0 Å². The number of hydrogen-bond acceptors (Lipinski definition) is 5. The minimum atomic E-state index is -1.77. The number of benzene rings is 2. The highest BCUT2D eigenvalue weighted by molar-refractivity contribution is 6.00. The van der Waals surface area contributed by atoms with E-state index in [-0.39, 0.29) is 10.8 Å². The maximum absolute atomic E-state index is 13.6. The van der Waals surface area contributed by atoms with Crippen LogP contribution in [0.15, 0.2) is 41.2 Å². The van der Waals surface area contributed by atoms with E-state index in [9.17, 15) is 32.7 Å². The van der Waals surface area contributed by atoms with Gasteiger partial charge in [-0.3, -0.25) is 9.59 Å². The van der Waals surface area contributed by atoms with Crippen LogP contribution in [0.25, 0.3) is 10.8 Å². The molecule has 0 aliphatic carbocycles. The molecule has 0 aliphatic heterocycles. The molecule has 0 radical (unpaired) electrons. The summed E-state index contributed by atoms with van der Waals surface area (Å²) in [6.07, 6.45) is 0. The fourth-order valence-electron chi connectivity index (χ4n) is 2.44. The molecule has 0 spiro atoms. The van der Waals surface area contributed by atoms with E-state index in [2.05, 4.69) is 5.10 Å². The largest absolute Gasteiger partial charge is 0.543 e. The summed E-state index contributed by atoms with van der Waals surface area (Å²) in [5, 5.41) is 16.8. The number of carbonyl (C=O) groups is 2. The Morgan fingerprint density at radius 1 is 1.04 bits per heavy atom. The number of fused-ring (bicyclic) bond motifs is 1. The average molecular weight is 376 g/mol. The Bertz CT molecular complexity index is 1140. The second kappa shape index (κ2) is 6.90. The van der Waals surface area contributed by atoms with Gasteiger partial charge in [-0.05, 0) is 18.2 Å². The Morgan fingerprint density at radius 3 is 2.37 bits per heavy atom. The van der Waals surface area contributed by atoms with Gasteiger partial charge in [-0.1, -0.05) is 18.2 Å². The smallest absolute Gasteiger partial charge is 0.275 e. The van der Waals surface area contributed by atoms with Crippen LogP contribution in [0.4, 0.5) is 18.9 Å². The normalized spacial score (nSPS) is 10.8. The number of carboxylic acids is 1. The van der Waals surface area contributed by atoms with Gasteiger partial charge in [0.1, 0.15) is 12.2 Å². The van der Waals surface area contributed by atoms with Gasteiger partial charge >= 0.3 is 0 Å². The zero-order chi connectivity index (χ0) is 19.7. The Hall–Kier alpha value is -3.69. The zero-order valence-corrected chi connectivity index (χ0v) is 13.3. The van der Waals surface area contributed by atoms with Gasteiger partial charge in [0, 0.05) is 5.39 Å². The van der Waals surface area contributed by atoms with Gasteiger partial charge in [0.25, 0.3) is 5.56 Å². The third kappa shape index (κ3) is 3.36. The molecule has 2 aromatic carbocycles. The van der Waals surface area contributed by atoms with Crippen LogP contribution in [0, 0.1) is 17.5 Å². The molecular formula is C17H9F3N3O4-. The van der Waals surface area contributed by atoms with E-state index in [0.717, 1.165) is 6.07 Å². The second-order valence-electron chi connectivity index (χ2n) is 5.42. The molecule has 1 N–H and O–H groups in total. The third-order valence-corrected chi connectivity index (χ3v) is 3.66. The molecule has 3 aromatic rings. The van der Waals surface area contributed by atoms with E-state index in [4.69, 9.17) is 0 Å². The number of carbonyl (C=O) groups excluding carboxylic acids is 2. The van der Waals surface area contributed by atoms with Gasteiger partial charge in [-0.2, -0.15) is 5.10 Å². The highest BCUT2D eigenvalue weighted by Crippen LogP contribution is 2.19. The average Bonchev–Trinajstić information content (AvgIpc) is 2.64. The molecule has 0 bridgehead atoms. The molecule has 10 heteroatoms. The molecule has 0 atom stereocenters. The molecule has 0 saturated carbocycles. The van der Waals surface area contributed by atoms with E-state index in [0.29, 0.717) is 10.7 Å². The zero-order valence-electron chi connectivity index (χ0n) is 13.3. The van der Waals surface area contributed by atoms with Gasteiger partial charge < -0.3 is 15.2 Å². The Morgan fingerprint density at radius 2 is 1.70 bits per heavy atom. The van der Waals surface area contributed by atoms with Crippen molar-refractivity contribution in [2.75, 3.05) is 5.32 Å². The third-order valence-electron chi connectivity index (χ3n) is 3.66. The van der Waals surface area contributed by atoms with E-state index in [1.54, 1.807) is 0 Å². The number of hydrogen-bond donors (Lipinski definition) is 1. The minimum Gasteiger partial charge on any atom is -0.543 e. The van der Waals surface area contributed by atoms with Gasteiger partial charge in [0.15, 0.2) is 17.5 Å². The number of aromatic carboxylic acids is 1. The van der Waals surface area contributed by atoms with Gasteiger partial charge in [0.05, 0.1) is 17.0 Å². The first-order chi connectivity index (χ1) is 12.8. The van der Waals surface area contributed by atoms with Crippen molar-refractivity contribution in [2.45, 2.75) is 6.54 Å². The first kappa shape index (κ1) is 18.1. The quantitative estimate of drug-likeness (QED) is 0.679. The van der Waals surface area contributed by atoms with Crippen molar-refractivity contribution in [3.63, 3.8) is 0 Å². The molecule has 7 nitrogen and oxygen atoms in total. The Kier molecular flexibility index (Phi) is 4.63. The lowest BCUT2D eigenvalue weighted by Gasteiger charge is -2.12. The number of aromatic nitrogens is 2. The van der Waals surface area contributed by atoms with Gasteiger partial charge in [-0.15, -0.1) is 0 Å². The number of nitrogens with zero attached hydrogens (tertiary/aromatic N) is 2. The van der Waals surface area contributed by atoms with Gasteiger partial charge in [0.2, 0.25) is 5.91 Å². The maximum atomic E-state index is 13.6. The topological polar surface area (TPSA) is 104 Å². The lowest BCUT2D eigenvalue weighted by Crippen LogP contribution is -2.34.